The fourth-order valence-corrected chi connectivity index (χ4v) is 4.42. The maximum atomic E-state index is 12.5. The van der Waals surface area contributed by atoms with Gasteiger partial charge in [-0.2, -0.15) is 4.31 Å². The van der Waals surface area contributed by atoms with Crippen LogP contribution in [0.2, 0.25) is 5.15 Å². The van der Waals surface area contributed by atoms with Gasteiger partial charge in [0.05, 0.1) is 6.10 Å². The Labute approximate surface area is 126 Å². The largest absolute Gasteiger partial charge is 0.381 e. The van der Waals surface area contributed by atoms with Gasteiger partial charge in [0.2, 0.25) is 10.0 Å². The van der Waals surface area contributed by atoms with Crippen LogP contribution in [0.3, 0.4) is 0 Å². The molecule has 1 aliphatic heterocycles. The normalized spacial score (nSPS) is 18.7. The van der Waals surface area contributed by atoms with E-state index in [9.17, 15) is 8.42 Å². The quantitative estimate of drug-likeness (QED) is 0.767. The molecular weight excluding hydrogens is 356 g/mol. The van der Waals surface area contributed by atoms with Crippen molar-refractivity contribution in [2.75, 3.05) is 20.2 Å². The van der Waals surface area contributed by atoms with E-state index in [0.717, 1.165) is 0 Å². The van der Waals surface area contributed by atoms with Gasteiger partial charge in [-0.15, -0.1) is 0 Å². The summed E-state index contributed by atoms with van der Waals surface area (Å²) in [6.07, 6.45) is 2.98. The molecule has 19 heavy (non-hydrogen) atoms. The van der Waals surface area contributed by atoms with Crippen LogP contribution in [0.25, 0.3) is 0 Å². The summed E-state index contributed by atoms with van der Waals surface area (Å²) in [4.78, 5) is 3.90. The predicted molar refractivity (Wildman–Crippen MR) is 75.7 cm³/mol. The van der Waals surface area contributed by atoms with Crippen molar-refractivity contribution in [3.63, 3.8) is 0 Å². The molecule has 1 aromatic rings. The number of hydrogen-bond acceptors (Lipinski definition) is 4. The van der Waals surface area contributed by atoms with E-state index in [2.05, 4.69) is 20.9 Å². The summed E-state index contributed by atoms with van der Waals surface area (Å²) >= 11 is 9.10. The number of methoxy groups -OCH3 is 1. The topological polar surface area (TPSA) is 59.5 Å². The van der Waals surface area contributed by atoms with E-state index in [1.165, 1.54) is 16.6 Å². The van der Waals surface area contributed by atoms with E-state index < -0.39 is 10.0 Å². The van der Waals surface area contributed by atoms with Gasteiger partial charge in [-0.25, -0.2) is 13.4 Å². The highest BCUT2D eigenvalue weighted by Gasteiger charge is 2.31. The molecule has 0 atom stereocenters. The van der Waals surface area contributed by atoms with E-state index >= 15 is 0 Å². The van der Waals surface area contributed by atoms with Crippen molar-refractivity contribution in [3.8, 4) is 0 Å². The van der Waals surface area contributed by atoms with Crippen LogP contribution in [0.1, 0.15) is 12.8 Å². The number of ether oxygens (including phenoxy) is 1. The first-order chi connectivity index (χ1) is 8.95. The second kappa shape index (κ2) is 6.05. The average Bonchev–Trinajstić information content (AvgIpc) is 2.41. The monoisotopic (exact) mass is 368 g/mol. The lowest BCUT2D eigenvalue weighted by Crippen LogP contribution is -2.40. The van der Waals surface area contributed by atoms with Crippen LogP contribution in [0.4, 0.5) is 0 Å². The molecule has 0 aromatic carbocycles. The Morgan fingerprint density at radius 1 is 1.47 bits per heavy atom. The number of piperidine rings is 1. The van der Waals surface area contributed by atoms with Crippen molar-refractivity contribution in [2.45, 2.75) is 23.8 Å². The Morgan fingerprint density at radius 3 is 2.68 bits per heavy atom. The van der Waals surface area contributed by atoms with Crippen LogP contribution in [0, 0.1) is 0 Å². The molecule has 0 bridgehead atoms. The summed E-state index contributed by atoms with van der Waals surface area (Å²) in [7, 11) is -1.95. The zero-order chi connectivity index (χ0) is 14.0. The van der Waals surface area contributed by atoms with Gasteiger partial charge in [0, 0.05) is 30.9 Å². The third kappa shape index (κ3) is 3.28. The van der Waals surface area contributed by atoms with Gasteiger partial charge in [-0.05, 0) is 34.8 Å². The molecule has 0 radical (unpaired) electrons. The summed E-state index contributed by atoms with van der Waals surface area (Å²) in [5.74, 6) is 0. The average molecular weight is 370 g/mol. The molecule has 106 valence electrons. The van der Waals surface area contributed by atoms with E-state index in [0.29, 0.717) is 30.4 Å². The van der Waals surface area contributed by atoms with E-state index in [-0.39, 0.29) is 16.2 Å². The number of rotatable bonds is 3. The molecule has 0 N–H and O–H groups in total. The summed E-state index contributed by atoms with van der Waals surface area (Å²) in [5, 5.41) is -0.00272. The minimum absolute atomic E-state index is 0.00272. The highest BCUT2D eigenvalue weighted by atomic mass is 79.9. The van der Waals surface area contributed by atoms with Crippen molar-refractivity contribution in [1.29, 1.82) is 0 Å². The maximum absolute atomic E-state index is 12.5. The molecule has 0 amide bonds. The van der Waals surface area contributed by atoms with E-state index in [1.807, 2.05) is 0 Å². The lowest BCUT2D eigenvalue weighted by Gasteiger charge is -2.30. The molecule has 1 aromatic heterocycles. The molecular formula is C11H14BrClN2O3S. The minimum atomic E-state index is -3.59. The van der Waals surface area contributed by atoms with Crippen LogP contribution < -0.4 is 0 Å². The Balaban J connectivity index is 2.26. The smallest absolute Gasteiger partial charge is 0.246 e. The Hall–Kier alpha value is -0.210. The summed E-state index contributed by atoms with van der Waals surface area (Å²) in [6, 6.07) is 1.48. The van der Waals surface area contributed by atoms with Crippen molar-refractivity contribution in [2.24, 2.45) is 0 Å². The molecule has 2 rings (SSSR count). The highest BCUT2D eigenvalue weighted by Crippen LogP contribution is 2.28. The SMILES string of the molecule is COC1CCN(S(=O)(=O)c2cc(Br)cnc2Cl)CC1. The summed E-state index contributed by atoms with van der Waals surface area (Å²) in [5.41, 5.74) is 0. The van der Waals surface area contributed by atoms with E-state index in [1.54, 1.807) is 7.11 Å². The molecule has 0 aliphatic carbocycles. The summed E-state index contributed by atoms with van der Waals surface area (Å²) in [6.45, 7) is 0.868. The molecule has 0 saturated carbocycles. The van der Waals surface area contributed by atoms with Crippen molar-refractivity contribution in [3.05, 3.63) is 21.9 Å². The fourth-order valence-electron chi connectivity index (χ4n) is 2.03. The molecule has 0 spiro atoms. The molecule has 1 aliphatic rings. The van der Waals surface area contributed by atoms with Crippen LogP contribution in [0.5, 0.6) is 0 Å². The zero-order valence-corrected chi connectivity index (χ0v) is 13.5. The van der Waals surface area contributed by atoms with Gasteiger partial charge in [-0.1, -0.05) is 11.6 Å². The number of nitrogens with zero attached hydrogens (tertiary/aromatic N) is 2. The van der Waals surface area contributed by atoms with Crippen LogP contribution in [-0.4, -0.2) is 44.0 Å². The molecule has 1 fully saturated rings. The molecule has 0 unspecified atom stereocenters. The highest BCUT2D eigenvalue weighted by molar-refractivity contribution is 9.10. The van der Waals surface area contributed by atoms with Gasteiger partial charge < -0.3 is 4.74 Å². The Morgan fingerprint density at radius 2 is 2.11 bits per heavy atom. The Kier molecular flexibility index (Phi) is 4.84. The number of halogens is 2. The lowest BCUT2D eigenvalue weighted by molar-refractivity contribution is 0.0604. The van der Waals surface area contributed by atoms with Gasteiger partial charge in [0.25, 0.3) is 0 Å². The van der Waals surface area contributed by atoms with Gasteiger partial charge in [0.15, 0.2) is 0 Å². The number of hydrogen-bond donors (Lipinski definition) is 0. The van der Waals surface area contributed by atoms with Crippen LogP contribution in [0.15, 0.2) is 21.6 Å². The van der Waals surface area contributed by atoms with Gasteiger partial charge in [0.1, 0.15) is 10.0 Å². The van der Waals surface area contributed by atoms with Crippen molar-refractivity contribution >= 4 is 37.6 Å². The van der Waals surface area contributed by atoms with Crippen LogP contribution >= 0.6 is 27.5 Å². The first-order valence-electron chi connectivity index (χ1n) is 5.79. The summed E-state index contributed by atoms with van der Waals surface area (Å²) < 4.78 is 32.2. The van der Waals surface area contributed by atoms with E-state index in [4.69, 9.17) is 16.3 Å². The fraction of sp³-hybridized carbons (Fsp3) is 0.545. The standard InChI is InChI=1S/C11H14BrClN2O3S/c1-18-9-2-4-15(5-3-9)19(16,17)10-6-8(12)7-14-11(10)13/h6-7,9H,2-5H2,1H3. The third-order valence-corrected chi connectivity index (χ3v) is 5.88. The number of aromatic nitrogens is 1. The molecule has 5 nitrogen and oxygen atoms in total. The first kappa shape index (κ1) is 15.2. The maximum Gasteiger partial charge on any atom is 0.246 e. The van der Waals surface area contributed by atoms with Gasteiger partial charge in [-0.3, -0.25) is 0 Å². The molecule has 2 heterocycles. The lowest BCUT2D eigenvalue weighted by atomic mass is 10.1. The number of pyridine rings is 1. The number of sulfonamides is 1. The van der Waals surface area contributed by atoms with Gasteiger partial charge >= 0.3 is 0 Å². The minimum Gasteiger partial charge on any atom is -0.381 e. The zero-order valence-electron chi connectivity index (χ0n) is 10.3. The van der Waals surface area contributed by atoms with Crippen molar-refractivity contribution < 1.29 is 13.2 Å². The molecule has 1 saturated heterocycles. The Bertz CT molecular complexity index is 559. The van der Waals surface area contributed by atoms with Crippen LogP contribution in [-0.2, 0) is 14.8 Å². The van der Waals surface area contributed by atoms with Crippen molar-refractivity contribution in [1.82, 2.24) is 9.29 Å². The second-order valence-electron chi connectivity index (χ2n) is 4.28. The second-order valence-corrected chi connectivity index (χ2v) is 7.46. The first-order valence-corrected chi connectivity index (χ1v) is 8.40. The third-order valence-electron chi connectivity index (χ3n) is 3.13. The molecule has 8 heteroatoms. The predicted octanol–water partition coefficient (Wildman–Crippen LogP) is 2.30.